The molecule has 0 fully saturated rings. The summed E-state index contributed by atoms with van der Waals surface area (Å²) in [5, 5.41) is 9.12. The van der Waals surface area contributed by atoms with E-state index in [0.717, 1.165) is 11.1 Å². The van der Waals surface area contributed by atoms with Crippen LogP contribution >= 0.6 is 23.2 Å². The van der Waals surface area contributed by atoms with E-state index in [1.807, 2.05) is 60.7 Å². The highest BCUT2D eigenvalue weighted by atomic mass is 35.5. The standard InChI is InChI=1S/C24H23Cl2N3O2/c25-19-11-12-21(20(26)16-19)28-24(31)29-22(15-18-9-5-2-6-10-18)23(30)27-14-13-17-7-3-1-4-8-17/h1-12,16,22H,13-15H2,(H,27,30)(H2,28,29,31). The third-order valence-electron chi connectivity index (χ3n) is 4.64. The van der Waals surface area contributed by atoms with Gasteiger partial charge in [-0.3, -0.25) is 4.79 Å². The van der Waals surface area contributed by atoms with Crippen molar-refractivity contribution in [3.05, 3.63) is 100 Å². The van der Waals surface area contributed by atoms with Gasteiger partial charge in [-0.15, -0.1) is 0 Å². The summed E-state index contributed by atoms with van der Waals surface area (Å²) in [5.41, 5.74) is 2.48. The van der Waals surface area contributed by atoms with Crippen molar-refractivity contribution in [2.24, 2.45) is 0 Å². The minimum absolute atomic E-state index is 0.253. The van der Waals surface area contributed by atoms with E-state index in [1.165, 1.54) is 6.07 Å². The number of carbonyl (C=O) groups is 2. The Morgan fingerprint density at radius 2 is 1.48 bits per heavy atom. The molecule has 160 valence electrons. The lowest BCUT2D eigenvalue weighted by Gasteiger charge is -2.19. The maximum Gasteiger partial charge on any atom is 0.319 e. The first-order valence-corrected chi connectivity index (χ1v) is 10.6. The first kappa shape index (κ1) is 22.7. The van der Waals surface area contributed by atoms with Crippen molar-refractivity contribution in [1.82, 2.24) is 10.6 Å². The van der Waals surface area contributed by atoms with Crippen molar-refractivity contribution < 1.29 is 9.59 Å². The Hall–Kier alpha value is -3.02. The highest BCUT2D eigenvalue weighted by Gasteiger charge is 2.21. The molecular formula is C24H23Cl2N3O2. The summed E-state index contributed by atoms with van der Waals surface area (Å²) in [5.74, 6) is -0.253. The predicted molar refractivity (Wildman–Crippen MR) is 126 cm³/mol. The topological polar surface area (TPSA) is 70.2 Å². The molecular weight excluding hydrogens is 433 g/mol. The van der Waals surface area contributed by atoms with E-state index in [1.54, 1.807) is 12.1 Å². The fourth-order valence-corrected chi connectivity index (χ4v) is 3.52. The molecule has 3 amide bonds. The van der Waals surface area contributed by atoms with Gasteiger partial charge in [-0.1, -0.05) is 83.9 Å². The molecule has 0 aliphatic rings. The molecule has 1 atom stereocenters. The van der Waals surface area contributed by atoms with Gasteiger partial charge in [-0.25, -0.2) is 4.79 Å². The second-order valence-electron chi connectivity index (χ2n) is 6.99. The van der Waals surface area contributed by atoms with Crippen LogP contribution in [0.2, 0.25) is 10.0 Å². The van der Waals surface area contributed by atoms with Crippen LogP contribution in [-0.4, -0.2) is 24.5 Å². The molecule has 0 aliphatic carbocycles. The molecule has 0 saturated heterocycles. The SMILES string of the molecule is O=C(Nc1ccc(Cl)cc1Cl)NC(Cc1ccccc1)C(=O)NCCc1ccccc1. The Morgan fingerprint density at radius 3 is 2.13 bits per heavy atom. The summed E-state index contributed by atoms with van der Waals surface area (Å²) in [6.07, 6.45) is 1.07. The van der Waals surface area contributed by atoms with E-state index in [0.29, 0.717) is 35.1 Å². The fraction of sp³-hybridized carbons (Fsp3) is 0.167. The third kappa shape index (κ3) is 7.31. The van der Waals surface area contributed by atoms with Crippen molar-refractivity contribution >= 4 is 40.8 Å². The molecule has 3 rings (SSSR count). The van der Waals surface area contributed by atoms with E-state index in [9.17, 15) is 9.59 Å². The van der Waals surface area contributed by atoms with Crippen molar-refractivity contribution in [2.75, 3.05) is 11.9 Å². The van der Waals surface area contributed by atoms with E-state index in [-0.39, 0.29) is 5.91 Å². The van der Waals surface area contributed by atoms with Crippen LogP contribution in [0.4, 0.5) is 10.5 Å². The minimum Gasteiger partial charge on any atom is -0.354 e. The molecule has 1 unspecified atom stereocenters. The molecule has 0 radical (unpaired) electrons. The summed E-state index contributed by atoms with van der Waals surface area (Å²) in [6, 6.07) is 22.9. The van der Waals surface area contributed by atoms with E-state index in [4.69, 9.17) is 23.2 Å². The van der Waals surface area contributed by atoms with Crippen LogP contribution in [0.5, 0.6) is 0 Å². The third-order valence-corrected chi connectivity index (χ3v) is 5.19. The molecule has 3 aromatic rings. The number of carbonyl (C=O) groups excluding carboxylic acids is 2. The normalized spacial score (nSPS) is 11.4. The average molecular weight is 456 g/mol. The number of amides is 3. The van der Waals surface area contributed by atoms with Crippen LogP contribution < -0.4 is 16.0 Å². The fourth-order valence-electron chi connectivity index (χ4n) is 3.06. The van der Waals surface area contributed by atoms with E-state index >= 15 is 0 Å². The summed E-state index contributed by atoms with van der Waals surface area (Å²) in [4.78, 5) is 25.4. The molecule has 0 saturated carbocycles. The second-order valence-corrected chi connectivity index (χ2v) is 7.84. The molecule has 7 heteroatoms. The number of hydrogen-bond acceptors (Lipinski definition) is 2. The van der Waals surface area contributed by atoms with Gasteiger partial charge in [0, 0.05) is 18.0 Å². The Balaban J connectivity index is 1.63. The quantitative estimate of drug-likeness (QED) is 0.442. The van der Waals surface area contributed by atoms with Crippen LogP contribution in [0.25, 0.3) is 0 Å². The summed E-state index contributed by atoms with van der Waals surface area (Å²) in [6.45, 7) is 0.473. The predicted octanol–water partition coefficient (Wildman–Crippen LogP) is 5.09. The zero-order chi connectivity index (χ0) is 22.1. The number of urea groups is 1. The molecule has 5 nitrogen and oxygen atoms in total. The van der Waals surface area contributed by atoms with Crippen molar-refractivity contribution in [1.29, 1.82) is 0 Å². The van der Waals surface area contributed by atoms with Crippen LogP contribution in [0.3, 0.4) is 0 Å². The van der Waals surface area contributed by atoms with Gasteiger partial charge in [0.1, 0.15) is 6.04 Å². The molecule has 0 spiro atoms. The Morgan fingerprint density at radius 1 is 0.839 bits per heavy atom. The molecule has 0 heterocycles. The van der Waals surface area contributed by atoms with Crippen molar-refractivity contribution in [3.63, 3.8) is 0 Å². The van der Waals surface area contributed by atoms with Gasteiger partial charge < -0.3 is 16.0 Å². The average Bonchev–Trinajstić information content (AvgIpc) is 2.77. The minimum atomic E-state index is -0.746. The Kier molecular flexibility index (Phi) is 8.33. The first-order valence-electron chi connectivity index (χ1n) is 9.89. The van der Waals surface area contributed by atoms with Gasteiger partial charge in [0.15, 0.2) is 0 Å². The zero-order valence-electron chi connectivity index (χ0n) is 16.8. The second kappa shape index (κ2) is 11.4. The lowest BCUT2D eigenvalue weighted by atomic mass is 10.1. The van der Waals surface area contributed by atoms with Gasteiger partial charge in [-0.2, -0.15) is 0 Å². The maximum absolute atomic E-state index is 12.8. The smallest absolute Gasteiger partial charge is 0.319 e. The summed E-state index contributed by atoms with van der Waals surface area (Å²) < 4.78 is 0. The highest BCUT2D eigenvalue weighted by molar-refractivity contribution is 6.36. The summed E-state index contributed by atoms with van der Waals surface area (Å²) in [7, 11) is 0. The number of halogens is 2. The summed E-state index contributed by atoms with van der Waals surface area (Å²) >= 11 is 12.0. The molecule has 0 aromatic heterocycles. The van der Waals surface area contributed by atoms with E-state index in [2.05, 4.69) is 16.0 Å². The Bertz CT molecular complexity index is 1010. The highest BCUT2D eigenvalue weighted by Crippen LogP contribution is 2.25. The van der Waals surface area contributed by atoms with Crippen LogP contribution in [0.15, 0.2) is 78.9 Å². The first-order chi connectivity index (χ1) is 15.0. The molecule has 0 aliphatic heterocycles. The monoisotopic (exact) mass is 455 g/mol. The number of benzene rings is 3. The van der Waals surface area contributed by atoms with Crippen molar-refractivity contribution in [2.45, 2.75) is 18.9 Å². The molecule has 3 N–H and O–H groups in total. The van der Waals surface area contributed by atoms with Crippen molar-refractivity contribution in [3.8, 4) is 0 Å². The van der Waals surface area contributed by atoms with Gasteiger partial charge in [0.25, 0.3) is 0 Å². The number of hydrogen-bond donors (Lipinski definition) is 3. The van der Waals surface area contributed by atoms with Crippen LogP contribution in [-0.2, 0) is 17.6 Å². The van der Waals surface area contributed by atoms with Gasteiger partial charge in [0.2, 0.25) is 5.91 Å². The molecule has 31 heavy (non-hydrogen) atoms. The number of anilines is 1. The maximum atomic E-state index is 12.8. The molecule has 3 aromatic carbocycles. The molecule has 0 bridgehead atoms. The number of rotatable bonds is 8. The largest absolute Gasteiger partial charge is 0.354 e. The zero-order valence-corrected chi connectivity index (χ0v) is 18.3. The van der Waals surface area contributed by atoms with Crippen LogP contribution in [0.1, 0.15) is 11.1 Å². The van der Waals surface area contributed by atoms with E-state index < -0.39 is 12.1 Å². The van der Waals surface area contributed by atoms with Gasteiger partial charge >= 0.3 is 6.03 Å². The van der Waals surface area contributed by atoms with Gasteiger partial charge in [0.05, 0.1) is 10.7 Å². The number of nitrogens with one attached hydrogen (secondary N) is 3. The lowest BCUT2D eigenvalue weighted by molar-refractivity contribution is -0.122. The lowest BCUT2D eigenvalue weighted by Crippen LogP contribution is -2.49. The van der Waals surface area contributed by atoms with Gasteiger partial charge in [-0.05, 0) is 35.7 Å². The van der Waals surface area contributed by atoms with Crippen LogP contribution in [0, 0.1) is 0 Å². The Labute approximate surface area is 191 Å².